The second kappa shape index (κ2) is 3.93. The fraction of sp³-hybridized carbons (Fsp3) is 0.364. The third-order valence-corrected chi connectivity index (χ3v) is 2.70. The number of carbonyl (C=O) groups is 1. The summed E-state index contributed by atoms with van der Waals surface area (Å²) in [5, 5.41) is 0.566. The van der Waals surface area contributed by atoms with Gasteiger partial charge in [-0.15, -0.1) is 0 Å². The van der Waals surface area contributed by atoms with E-state index in [1.807, 2.05) is 0 Å². The number of aldehydes is 1. The van der Waals surface area contributed by atoms with Crippen LogP contribution in [-0.2, 0) is 15.3 Å². The first-order chi connectivity index (χ1) is 7.15. The van der Waals surface area contributed by atoms with Gasteiger partial charge in [0.2, 0.25) is 0 Å². The van der Waals surface area contributed by atoms with Gasteiger partial charge in [-0.2, -0.15) is 0 Å². The molecule has 0 saturated carbocycles. The lowest BCUT2D eigenvalue weighted by molar-refractivity contribution is -0.149. The van der Waals surface area contributed by atoms with Gasteiger partial charge >= 0.3 is 0 Å². The number of rotatable bonds is 2. The fourth-order valence-corrected chi connectivity index (χ4v) is 1.87. The van der Waals surface area contributed by atoms with Gasteiger partial charge in [-0.3, -0.25) is 4.79 Å². The molecule has 2 rings (SSSR count). The molecule has 1 aromatic carbocycles. The molecule has 0 radical (unpaired) electrons. The molecular weight excluding hydrogens is 216 g/mol. The van der Waals surface area contributed by atoms with E-state index in [2.05, 4.69) is 0 Å². The summed E-state index contributed by atoms with van der Waals surface area (Å²) in [7, 11) is 0. The number of halogens is 1. The maximum atomic E-state index is 10.9. The maximum absolute atomic E-state index is 10.9. The molecule has 0 aromatic heterocycles. The third-order valence-electron chi connectivity index (χ3n) is 2.47. The largest absolute Gasteiger partial charge is 0.344 e. The molecule has 80 valence electrons. The van der Waals surface area contributed by atoms with Crippen LogP contribution in [-0.4, -0.2) is 19.5 Å². The minimum absolute atomic E-state index is 0.529. The molecule has 0 bridgehead atoms. The number of benzene rings is 1. The summed E-state index contributed by atoms with van der Waals surface area (Å²) >= 11 is 5.89. The Morgan fingerprint density at radius 2 is 2.07 bits per heavy atom. The smallest absolute Gasteiger partial charge is 0.192 e. The number of ether oxygens (including phenoxy) is 2. The number of carbonyl (C=O) groups excluding carboxylic acids is 1. The molecular formula is C11H11ClO3. The van der Waals surface area contributed by atoms with E-state index in [1.165, 1.54) is 0 Å². The summed E-state index contributed by atoms with van der Waals surface area (Å²) in [6.45, 7) is 2.85. The van der Waals surface area contributed by atoms with Gasteiger partial charge in [-0.25, -0.2) is 0 Å². The molecule has 1 aromatic rings. The highest BCUT2D eigenvalue weighted by atomic mass is 35.5. The predicted molar refractivity (Wildman–Crippen MR) is 56.1 cm³/mol. The summed E-state index contributed by atoms with van der Waals surface area (Å²) in [6, 6.07) is 5.05. The third kappa shape index (κ3) is 1.91. The van der Waals surface area contributed by atoms with Crippen molar-refractivity contribution in [3.8, 4) is 0 Å². The molecule has 0 spiro atoms. The van der Waals surface area contributed by atoms with E-state index in [9.17, 15) is 4.79 Å². The average molecular weight is 227 g/mol. The minimum atomic E-state index is -0.846. The van der Waals surface area contributed by atoms with Crippen LogP contribution in [0, 0.1) is 0 Å². The SMILES string of the molecule is CC1(c2cc(Cl)ccc2C=O)OCCO1. The highest BCUT2D eigenvalue weighted by Gasteiger charge is 2.35. The summed E-state index contributed by atoms with van der Waals surface area (Å²) in [5.41, 5.74) is 1.23. The highest BCUT2D eigenvalue weighted by molar-refractivity contribution is 6.30. The molecule has 0 N–H and O–H groups in total. The normalized spacial score (nSPS) is 19.1. The first-order valence-electron chi connectivity index (χ1n) is 4.69. The second-order valence-electron chi connectivity index (χ2n) is 3.49. The summed E-state index contributed by atoms with van der Waals surface area (Å²) < 4.78 is 11.0. The van der Waals surface area contributed by atoms with Crippen molar-refractivity contribution < 1.29 is 14.3 Å². The van der Waals surface area contributed by atoms with Gasteiger partial charge < -0.3 is 9.47 Å². The Morgan fingerprint density at radius 1 is 1.40 bits per heavy atom. The van der Waals surface area contributed by atoms with Crippen LogP contribution in [0.2, 0.25) is 5.02 Å². The zero-order valence-electron chi connectivity index (χ0n) is 8.33. The topological polar surface area (TPSA) is 35.5 Å². The Morgan fingerprint density at radius 3 is 2.67 bits per heavy atom. The van der Waals surface area contributed by atoms with Gasteiger partial charge in [0.25, 0.3) is 0 Å². The lowest BCUT2D eigenvalue weighted by atomic mass is 10.0. The minimum Gasteiger partial charge on any atom is -0.344 e. The summed E-state index contributed by atoms with van der Waals surface area (Å²) in [5.74, 6) is -0.846. The number of hydrogen-bond donors (Lipinski definition) is 0. The first-order valence-corrected chi connectivity index (χ1v) is 5.06. The van der Waals surface area contributed by atoms with Crippen LogP contribution in [0.5, 0.6) is 0 Å². The van der Waals surface area contributed by atoms with Crippen LogP contribution >= 0.6 is 11.6 Å². The molecule has 1 saturated heterocycles. The van der Waals surface area contributed by atoms with Crippen molar-refractivity contribution in [1.29, 1.82) is 0 Å². The van der Waals surface area contributed by atoms with Crippen LogP contribution in [0.3, 0.4) is 0 Å². The number of hydrogen-bond acceptors (Lipinski definition) is 3. The van der Waals surface area contributed by atoms with Crippen LogP contribution in [0.25, 0.3) is 0 Å². The van der Waals surface area contributed by atoms with Crippen LogP contribution < -0.4 is 0 Å². The lowest BCUT2D eigenvalue weighted by Gasteiger charge is -2.24. The zero-order valence-corrected chi connectivity index (χ0v) is 9.08. The lowest BCUT2D eigenvalue weighted by Crippen LogP contribution is -2.24. The molecule has 1 aliphatic rings. The van der Waals surface area contributed by atoms with Gasteiger partial charge in [0.1, 0.15) is 0 Å². The Balaban J connectivity index is 2.49. The second-order valence-corrected chi connectivity index (χ2v) is 3.93. The molecule has 0 amide bonds. The predicted octanol–water partition coefficient (Wildman–Crippen LogP) is 2.37. The standard InChI is InChI=1S/C11H11ClO3/c1-11(14-4-5-15-11)10-6-9(12)3-2-8(10)7-13/h2-3,6-7H,4-5H2,1H3. The Hall–Kier alpha value is -0.900. The van der Waals surface area contributed by atoms with E-state index in [0.29, 0.717) is 29.4 Å². The van der Waals surface area contributed by atoms with Crippen LogP contribution in [0.4, 0.5) is 0 Å². The van der Waals surface area contributed by atoms with Gasteiger partial charge in [0.05, 0.1) is 13.2 Å². The van der Waals surface area contributed by atoms with Crippen molar-refractivity contribution in [2.75, 3.05) is 13.2 Å². The Labute approximate surface area is 92.9 Å². The van der Waals surface area contributed by atoms with E-state index in [4.69, 9.17) is 21.1 Å². The van der Waals surface area contributed by atoms with Gasteiger partial charge in [-0.1, -0.05) is 11.6 Å². The average Bonchev–Trinajstić information content (AvgIpc) is 2.66. The van der Waals surface area contributed by atoms with Crippen molar-refractivity contribution in [3.05, 3.63) is 34.3 Å². The molecule has 1 heterocycles. The van der Waals surface area contributed by atoms with Crippen molar-refractivity contribution in [3.63, 3.8) is 0 Å². The van der Waals surface area contributed by atoms with Crippen molar-refractivity contribution in [2.24, 2.45) is 0 Å². The Bertz CT molecular complexity index is 383. The van der Waals surface area contributed by atoms with E-state index < -0.39 is 5.79 Å². The van der Waals surface area contributed by atoms with Gasteiger partial charge in [-0.05, 0) is 25.1 Å². The molecule has 15 heavy (non-hydrogen) atoms. The fourth-order valence-electron chi connectivity index (χ4n) is 1.69. The maximum Gasteiger partial charge on any atom is 0.192 e. The molecule has 1 aliphatic heterocycles. The van der Waals surface area contributed by atoms with Crippen molar-refractivity contribution in [2.45, 2.75) is 12.7 Å². The molecule has 0 atom stereocenters. The summed E-state index contributed by atoms with van der Waals surface area (Å²) in [6.07, 6.45) is 0.780. The quantitative estimate of drug-likeness (QED) is 0.727. The summed E-state index contributed by atoms with van der Waals surface area (Å²) in [4.78, 5) is 10.9. The molecule has 0 unspecified atom stereocenters. The first kappa shape index (κ1) is 10.6. The van der Waals surface area contributed by atoms with Gasteiger partial charge in [0, 0.05) is 16.1 Å². The highest BCUT2D eigenvalue weighted by Crippen LogP contribution is 2.34. The van der Waals surface area contributed by atoms with Crippen molar-refractivity contribution in [1.82, 2.24) is 0 Å². The molecule has 4 heteroatoms. The van der Waals surface area contributed by atoms with Crippen LogP contribution in [0.1, 0.15) is 22.8 Å². The van der Waals surface area contributed by atoms with Crippen molar-refractivity contribution >= 4 is 17.9 Å². The monoisotopic (exact) mass is 226 g/mol. The molecule has 1 fully saturated rings. The molecule has 0 aliphatic carbocycles. The Kier molecular flexibility index (Phi) is 2.78. The molecule has 3 nitrogen and oxygen atoms in total. The van der Waals surface area contributed by atoms with Crippen LogP contribution in [0.15, 0.2) is 18.2 Å². The zero-order chi connectivity index (χ0) is 10.9. The van der Waals surface area contributed by atoms with E-state index in [0.717, 1.165) is 6.29 Å². The van der Waals surface area contributed by atoms with E-state index in [-0.39, 0.29) is 0 Å². The van der Waals surface area contributed by atoms with E-state index in [1.54, 1.807) is 25.1 Å². The van der Waals surface area contributed by atoms with Gasteiger partial charge in [0.15, 0.2) is 12.1 Å². The van der Waals surface area contributed by atoms with E-state index >= 15 is 0 Å².